The standard InChI is InChI=1S/C28H32N5O3.Na/c1-18-14-24(35-13-12-20(3)34)15-19(2)28(18)25-7-5-6-23(21(25)4)17-36-27-11-9-22(16-29-27)8-10-26-30-32-33-31-26;/h5-7,9,11,14-16,20,34H,8,10,12-13,17H2,1-4H3;/q-1;+1/t20-;/m0./s1. The molecule has 9 heteroatoms. The summed E-state index contributed by atoms with van der Waals surface area (Å²) < 4.78 is 11.9. The van der Waals surface area contributed by atoms with E-state index in [-0.39, 0.29) is 35.7 Å². The first kappa shape index (κ1) is 28.8. The molecule has 0 radical (unpaired) electrons. The Bertz CT molecular complexity index is 1250. The Kier molecular flexibility index (Phi) is 10.6. The number of aromatic nitrogens is 5. The number of ether oxygens (including phenoxy) is 2. The number of hydrogen-bond acceptors (Lipinski definition) is 7. The summed E-state index contributed by atoms with van der Waals surface area (Å²) in [5.74, 6) is 2.05. The van der Waals surface area contributed by atoms with Gasteiger partial charge in [-0.05, 0) is 91.6 Å². The summed E-state index contributed by atoms with van der Waals surface area (Å²) in [6.07, 6.45) is 3.51. The number of rotatable bonds is 11. The zero-order chi connectivity index (χ0) is 25.5. The van der Waals surface area contributed by atoms with E-state index in [0.29, 0.717) is 37.8 Å². The van der Waals surface area contributed by atoms with Crippen molar-refractivity contribution < 1.29 is 44.1 Å². The number of aliphatic hydroxyl groups excluding tert-OH is 1. The molecule has 8 nitrogen and oxygen atoms in total. The minimum absolute atomic E-state index is 0. The third-order valence-corrected chi connectivity index (χ3v) is 6.20. The van der Waals surface area contributed by atoms with Crippen LogP contribution in [0.15, 0.2) is 48.7 Å². The maximum Gasteiger partial charge on any atom is 1.00 e. The van der Waals surface area contributed by atoms with E-state index >= 15 is 0 Å². The smallest absolute Gasteiger partial charge is 0.493 e. The Labute approximate surface area is 240 Å². The molecule has 0 aliphatic carbocycles. The van der Waals surface area contributed by atoms with E-state index in [2.05, 4.69) is 76.7 Å². The summed E-state index contributed by atoms with van der Waals surface area (Å²) in [7, 11) is 0. The monoisotopic (exact) mass is 509 g/mol. The topological polar surface area (TPSA) is 104 Å². The maximum absolute atomic E-state index is 9.47. The van der Waals surface area contributed by atoms with Gasteiger partial charge in [-0.25, -0.2) is 4.98 Å². The van der Waals surface area contributed by atoms with Crippen LogP contribution < -0.4 is 44.1 Å². The van der Waals surface area contributed by atoms with Gasteiger partial charge < -0.3 is 19.7 Å². The molecule has 0 aliphatic rings. The molecular weight excluding hydrogens is 477 g/mol. The molecule has 0 fully saturated rings. The molecule has 0 saturated heterocycles. The van der Waals surface area contributed by atoms with Crippen LogP contribution >= 0.6 is 0 Å². The van der Waals surface area contributed by atoms with E-state index in [9.17, 15) is 5.11 Å². The van der Waals surface area contributed by atoms with Crippen LogP contribution in [0.25, 0.3) is 11.1 Å². The number of tetrazole rings is 1. The fourth-order valence-corrected chi connectivity index (χ4v) is 4.21. The van der Waals surface area contributed by atoms with Crippen molar-refractivity contribution in [2.45, 2.75) is 59.7 Å². The first-order valence-corrected chi connectivity index (χ1v) is 12.2. The average molecular weight is 510 g/mol. The van der Waals surface area contributed by atoms with Crippen molar-refractivity contribution in [1.29, 1.82) is 0 Å². The molecule has 0 spiro atoms. The number of pyridine rings is 1. The van der Waals surface area contributed by atoms with Gasteiger partial charge in [-0.1, -0.05) is 24.3 Å². The van der Waals surface area contributed by atoms with E-state index < -0.39 is 0 Å². The minimum Gasteiger partial charge on any atom is -0.493 e. The fourth-order valence-electron chi connectivity index (χ4n) is 4.21. The molecular formula is C28H32N5NaO3. The SMILES string of the molecule is Cc1cc(OCC[C@H](C)O)cc(C)c1-c1cccc(COc2ccc(CCc3nnn[n-]3)cn2)c1C.[Na+]. The van der Waals surface area contributed by atoms with Gasteiger partial charge in [0.2, 0.25) is 5.88 Å². The van der Waals surface area contributed by atoms with Crippen molar-refractivity contribution in [3.8, 4) is 22.8 Å². The zero-order valence-electron chi connectivity index (χ0n) is 22.2. The molecule has 0 aliphatic heterocycles. The summed E-state index contributed by atoms with van der Waals surface area (Å²) in [5, 5.41) is 24.2. The molecule has 2 aromatic heterocycles. The van der Waals surface area contributed by atoms with Crippen molar-refractivity contribution in [3.63, 3.8) is 0 Å². The molecule has 1 atom stereocenters. The third-order valence-electron chi connectivity index (χ3n) is 6.20. The van der Waals surface area contributed by atoms with Gasteiger partial charge in [0.25, 0.3) is 0 Å². The Morgan fingerprint density at radius 1 is 1.00 bits per heavy atom. The average Bonchev–Trinajstić information content (AvgIpc) is 3.37. The number of benzene rings is 2. The van der Waals surface area contributed by atoms with Crippen LogP contribution in [0.3, 0.4) is 0 Å². The summed E-state index contributed by atoms with van der Waals surface area (Å²) >= 11 is 0. The molecule has 2 heterocycles. The molecule has 4 rings (SSSR count). The van der Waals surface area contributed by atoms with Crippen LogP contribution in [0.1, 0.15) is 47.0 Å². The van der Waals surface area contributed by atoms with Crippen LogP contribution in [0.5, 0.6) is 11.6 Å². The van der Waals surface area contributed by atoms with Crippen LogP contribution in [-0.4, -0.2) is 38.3 Å². The molecule has 0 amide bonds. The summed E-state index contributed by atoms with van der Waals surface area (Å²) in [4.78, 5) is 4.45. The van der Waals surface area contributed by atoms with Crippen molar-refractivity contribution in [3.05, 3.63) is 82.3 Å². The number of aryl methyl sites for hydroxylation is 4. The van der Waals surface area contributed by atoms with E-state index in [1.54, 1.807) is 6.92 Å². The summed E-state index contributed by atoms with van der Waals surface area (Å²) in [6.45, 7) is 9.04. The number of hydrogen-bond donors (Lipinski definition) is 1. The Balaban J connectivity index is 0.00000380. The molecule has 4 aromatic rings. The van der Waals surface area contributed by atoms with Gasteiger partial charge in [-0.2, -0.15) is 5.21 Å². The van der Waals surface area contributed by atoms with Crippen LogP contribution in [0, 0.1) is 20.8 Å². The molecule has 2 aromatic carbocycles. The first-order valence-electron chi connectivity index (χ1n) is 12.2. The number of nitrogens with zero attached hydrogens (tertiary/aromatic N) is 5. The first-order chi connectivity index (χ1) is 17.4. The molecule has 37 heavy (non-hydrogen) atoms. The minimum atomic E-state index is -0.367. The van der Waals surface area contributed by atoms with Crippen molar-refractivity contribution >= 4 is 0 Å². The van der Waals surface area contributed by atoms with Gasteiger partial charge in [0.15, 0.2) is 0 Å². The Morgan fingerprint density at radius 2 is 1.78 bits per heavy atom. The molecule has 1 N–H and O–H groups in total. The molecule has 0 unspecified atom stereocenters. The van der Waals surface area contributed by atoms with Gasteiger partial charge in [-0.3, -0.25) is 10.3 Å². The quantitative estimate of drug-likeness (QED) is 0.302. The van der Waals surface area contributed by atoms with E-state index in [0.717, 1.165) is 34.4 Å². The van der Waals surface area contributed by atoms with Crippen molar-refractivity contribution in [1.82, 2.24) is 25.6 Å². The van der Waals surface area contributed by atoms with E-state index in [4.69, 9.17) is 9.47 Å². The molecule has 0 saturated carbocycles. The van der Waals surface area contributed by atoms with E-state index in [1.807, 2.05) is 18.3 Å². The van der Waals surface area contributed by atoms with Crippen molar-refractivity contribution in [2.24, 2.45) is 0 Å². The Morgan fingerprint density at radius 3 is 2.43 bits per heavy atom. The van der Waals surface area contributed by atoms with E-state index in [1.165, 1.54) is 16.7 Å². The largest absolute Gasteiger partial charge is 1.00 e. The second-order valence-corrected chi connectivity index (χ2v) is 9.10. The van der Waals surface area contributed by atoms with Crippen LogP contribution in [-0.2, 0) is 19.4 Å². The van der Waals surface area contributed by atoms with Gasteiger partial charge >= 0.3 is 29.6 Å². The summed E-state index contributed by atoms with van der Waals surface area (Å²) in [5.41, 5.74) is 8.07. The number of aliphatic hydroxyl groups is 1. The second kappa shape index (κ2) is 13.7. The predicted molar refractivity (Wildman–Crippen MR) is 137 cm³/mol. The zero-order valence-corrected chi connectivity index (χ0v) is 24.2. The van der Waals surface area contributed by atoms with Crippen LogP contribution in [0.4, 0.5) is 0 Å². The maximum atomic E-state index is 9.47. The predicted octanol–water partition coefficient (Wildman–Crippen LogP) is 1.33. The molecule has 188 valence electrons. The second-order valence-electron chi connectivity index (χ2n) is 9.10. The fraction of sp³-hybridized carbons (Fsp3) is 0.357. The van der Waals surface area contributed by atoms with Gasteiger partial charge in [-0.15, -0.1) is 0 Å². The third kappa shape index (κ3) is 7.85. The van der Waals surface area contributed by atoms with Gasteiger partial charge in [0, 0.05) is 24.5 Å². The van der Waals surface area contributed by atoms with Gasteiger partial charge in [0.1, 0.15) is 12.4 Å². The summed E-state index contributed by atoms with van der Waals surface area (Å²) in [6, 6.07) is 14.3. The Hall–Kier alpha value is -2.78. The molecule has 0 bridgehead atoms. The normalized spacial score (nSPS) is 11.6. The van der Waals surface area contributed by atoms with Crippen LogP contribution in [0.2, 0.25) is 0 Å². The van der Waals surface area contributed by atoms with Gasteiger partial charge in [0.05, 0.1) is 12.7 Å². The van der Waals surface area contributed by atoms with Crippen molar-refractivity contribution in [2.75, 3.05) is 6.61 Å².